The van der Waals surface area contributed by atoms with E-state index in [2.05, 4.69) is 34.0 Å². The molecule has 2 rings (SSSR count). The van der Waals surface area contributed by atoms with E-state index in [0.717, 1.165) is 57.8 Å². The molecular formula is C16H32N4O. The van der Waals surface area contributed by atoms with Crippen LogP contribution in [0.25, 0.3) is 0 Å². The van der Waals surface area contributed by atoms with E-state index < -0.39 is 0 Å². The van der Waals surface area contributed by atoms with E-state index in [0.29, 0.717) is 6.04 Å². The third-order valence-electron chi connectivity index (χ3n) is 4.58. The number of nitrogens with zero attached hydrogens (tertiary/aromatic N) is 3. The molecule has 1 N–H and O–H groups in total. The van der Waals surface area contributed by atoms with E-state index in [-0.39, 0.29) is 0 Å². The first kappa shape index (κ1) is 16.6. The number of guanidine groups is 1. The monoisotopic (exact) mass is 296 g/mol. The molecule has 2 fully saturated rings. The zero-order valence-electron chi connectivity index (χ0n) is 14.0. The molecule has 0 spiro atoms. The van der Waals surface area contributed by atoms with Gasteiger partial charge in [-0.15, -0.1) is 0 Å². The Hall–Kier alpha value is -0.810. The molecule has 5 heteroatoms. The maximum atomic E-state index is 5.67. The minimum atomic E-state index is 0.671. The van der Waals surface area contributed by atoms with Crippen molar-refractivity contribution in [1.82, 2.24) is 15.1 Å². The Labute approximate surface area is 129 Å². The van der Waals surface area contributed by atoms with Crippen molar-refractivity contribution in [2.45, 2.75) is 39.2 Å². The topological polar surface area (TPSA) is 40.1 Å². The van der Waals surface area contributed by atoms with E-state index in [1.807, 2.05) is 7.05 Å². The van der Waals surface area contributed by atoms with E-state index in [1.54, 1.807) is 0 Å². The number of rotatable bonds is 8. The smallest absolute Gasteiger partial charge is 0.193 e. The summed E-state index contributed by atoms with van der Waals surface area (Å²) in [6.45, 7) is 11.5. The second-order valence-corrected chi connectivity index (χ2v) is 6.10. The minimum Gasteiger partial charge on any atom is -0.379 e. The van der Waals surface area contributed by atoms with Gasteiger partial charge in [0.2, 0.25) is 0 Å². The Balaban J connectivity index is 1.66. The van der Waals surface area contributed by atoms with Gasteiger partial charge in [0.1, 0.15) is 0 Å². The van der Waals surface area contributed by atoms with Crippen molar-refractivity contribution < 1.29 is 4.74 Å². The van der Waals surface area contributed by atoms with Crippen LogP contribution in [0.1, 0.15) is 33.1 Å². The van der Waals surface area contributed by atoms with Crippen molar-refractivity contribution >= 4 is 5.96 Å². The molecule has 0 radical (unpaired) electrons. The van der Waals surface area contributed by atoms with Gasteiger partial charge in [-0.05, 0) is 38.3 Å². The minimum absolute atomic E-state index is 0.671. The number of ether oxygens (including phenoxy) is 1. The summed E-state index contributed by atoms with van der Waals surface area (Å²) < 4.78 is 5.67. The number of aliphatic imine (C=N–C) groups is 1. The first-order valence-corrected chi connectivity index (χ1v) is 8.55. The average Bonchev–Trinajstić information content (AvgIpc) is 3.21. The molecule has 0 aromatic carbocycles. The largest absolute Gasteiger partial charge is 0.379 e. The molecule has 5 nitrogen and oxygen atoms in total. The lowest BCUT2D eigenvalue weighted by Gasteiger charge is -2.27. The lowest BCUT2D eigenvalue weighted by molar-refractivity contribution is 0.128. The van der Waals surface area contributed by atoms with Crippen molar-refractivity contribution in [1.29, 1.82) is 0 Å². The van der Waals surface area contributed by atoms with Crippen LogP contribution < -0.4 is 5.32 Å². The second kappa shape index (κ2) is 8.59. The Morgan fingerprint density at radius 3 is 2.67 bits per heavy atom. The highest BCUT2D eigenvalue weighted by Gasteiger charge is 2.27. The Morgan fingerprint density at radius 1 is 1.29 bits per heavy atom. The van der Waals surface area contributed by atoms with E-state index >= 15 is 0 Å². The molecule has 2 aliphatic rings. The first-order valence-electron chi connectivity index (χ1n) is 8.55. The number of likely N-dealkylation sites (N-methyl/N-ethyl adjacent to an activating group) is 1. The van der Waals surface area contributed by atoms with Crippen molar-refractivity contribution in [3.8, 4) is 0 Å². The molecule has 1 heterocycles. The molecule has 1 aliphatic heterocycles. The van der Waals surface area contributed by atoms with E-state index in [4.69, 9.17) is 4.74 Å². The third-order valence-corrected chi connectivity index (χ3v) is 4.58. The van der Waals surface area contributed by atoms with Crippen LogP contribution in [0, 0.1) is 5.92 Å². The van der Waals surface area contributed by atoms with Gasteiger partial charge in [-0.25, -0.2) is 0 Å². The molecule has 1 saturated carbocycles. The molecule has 1 unspecified atom stereocenters. The highest BCUT2D eigenvalue weighted by atomic mass is 16.5. The summed E-state index contributed by atoms with van der Waals surface area (Å²) in [6.07, 6.45) is 3.95. The fourth-order valence-electron chi connectivity index (χ4n) is 3.07. The first-order chi connectivity index (χ1) is 10.3. The summed E-state index contributed by atoms with van der Waals surface area (Å²) in [5.74, 6) is 1.87. The molecule has 21 heavy (non-hydrogen) atoms. The molecule has 0 aromatic heterocycles. The lowest BCUT2D eigenvalue weighted by Crippen LogP contribution is -2.44. The van der Waals surface area contributed by atoms with Crippen LogP contribution in [0.4, 0.5) is 0 Å². The highest BCUT2D eigenvalue weighted by Crippen LogP contribution is 2.28. The van der Waals surface area contributed by atoms with Gasteiger partial charge in [0.05, 0.1) is 6.61 Å². The predicted molar refractivity (Wildman–Crippen MR) is 87.8 cm³/mol. The Kier molecular flexibility index (Phi) is 6.77. The fraction of sp³-hybridized carbons (Fsp3) is 0.938. The zero-order chi connectivity index (χ0) is 15.1. The van der Waals surface area contributed by atoms with Gasteiger partial charge >= 0.3 is 0 Å². The SMILES string of the molecule is CCN(CC)C1CCN(C(=NC)NCCOCC2CC2)C1. The van der Waals surface area contributed by atoms with Gasteiger partial charge in [-0.2, -0.15) is 0 Å². The van der Waals surface area contributed by atoms with E-state index in [1.165, 1.54) is 19.3 Å². The highest BCUT2D eigenvalue weighted by molar-refractivity contribution is 5.80. The molecule has 0 aromatic rings. The van der Waals surface area contributed by atoms with Gasteiger partial charge in [-0.3, -0.25) is 9.89 Å². The molecule has 1 atom stereocenters. The van der Waals surface area contributed by atoms with Crippen molar-refractivity contribution in [2.75, 3.05) is 53.0 Å². The molecule has 0 amide bonds. The van der Waals surface area contributed by atoms with E-state index in [9.17, 15) is 0 Å². The maximum Gasteiger partial charge on any atom is 0.193 e. The molecule has 1 aliphatic carbocycles. The van der Waals surface area contributed by atoms with Gasteiger partial charge in [-0.1, -0.05) is 13.8 Å². The maximum absolute atomic E-state index is 5.67. The standard InChI is InChI=1S/C16H32N4O/c1-4-19(5-2)15-8-10-20(12-15)16(17-3)18-9-11-21-13-14-6-7-14/h14-15H,4-13H2,1-3H3,(H,17,18). The van der Waals surface area contributed by atoms with Crippen LogP contribution in [0.15, 0.2) is 4.99 Å². The summed E-state index contributed by atoms with van der Waals surface area (Å²) in [5.41, 5.74) is 0. The lowest BCUT2D eigenvalue weighted by atomic mass is 10.2. The molecule has 1 saturated heterocycles. The van der Waals surface area contributed by atoms with Crippen LogP contribution in [0.2, 0.25) is 0 Å². The van der Waals surface area contributed by atoms with Crippen LogP contribution in [-0.4, -0.2) is 74.8 Å². The summed E-state index contributed by atoms with van der Waals surface area (Å²) >= 11 is 0. The number of hydrogen-bond donors (Lipinski definition) is 1. The van der Waals surface area contributed by atoms with Crippen LogP contribution in [0.5, 0.6) is 0 Å². The third kappa shape index (κ3) is 5.15. The van der Waals surface area contributed by atoms with Gasteiger partial charge in [0.15, 0.2) is 5.96 Å². The predicted octanol–water partition coefficient (Wildman–Crippen LogP) is 1.40. The van der Waals surface area contributed by atoms with Crippen molar-refractivity contribution in [3.05, 3.63) is 0 Å². The second-order valence-electron chi connectivity index (χ2n) is 6.10. The summed E-state index contributed by atoms with van der Waals surface area (Å²) in [6, 6.07) is 0.671. The summed E-state index contributed by atoms with van der Waals surface area (Å²) in [7, 11) is 1.87. The zero-order valence-corrected chi connectivity index (χ0v) is 14.0. The van der Waals surface area contributed by atoms with Crippen LogP contribution >= 0.6 is 0 Å². The average molecular weight is 296 g/mol. The van der Waals surface area contributed by atoms with Crippen LogP contribution in [-0.2, 0) is 4.74 Å². The quantitative estimate of drug-likeness (QED) is 0.418. The van der Waals surface area contributed by atoms with Gasteiger partial charge in [0.25, 0.3) is 0 Å². The molecule has 122 valence electrons. The van der Waals surface area contributed by atoms with Gasteiger partial charge < -0.3 is 15.0 Å². The molecular weight excluding hydrogens is 264 g/mol. The number of hydrogen-bond acceptors (Lipinski definition) is 3. The van der Waals surface area contributed by atoms with Crippen LogP contribution in [0.3, 0.4) is 0 Å². The summed E-state index contributed by atoms with van der Waals surface area (Å²) in [5, 5.41) is 3.43. The van der Waals surface area contributed by atoms with Gasteiger partial charge in [0, 0.05) is 39.3 Å². The number of likely N-dealkylation sites (tertiary alicyclic amines) is 1. The van der Waals surface area contributed by atoms with Crippen molar-refractivity contribution in [2.24, 2.45) is 10.9 Å². The Morgan fingerprint density at radius 2 is 2.05 bits per heavy atom. The fourth-order valence-corrected chi connectivity index (χ4v) is 3.07. The Bertz CT molecular complexity index is 326. The molecule has 0 bridgehead atoms. The normalized spacial score (nSPS) is 23.1. The van der Waals surface area contributed by atoms with Crippen molar-refractivity contribution in [3.63, 3.8) is 0 Å². The summed E-state index contributed by atoms with van der Waals surface area (Å²) in [4.78, 5) is 9.34. The number of nitrogens with one attached hydrogen (secondary N) is 1.